The molecule has 0 heterocycles. The van der Waals surface area contributed by atoms with Crippen LogP contribution in [0.25, 0.3) is 0 Å². The number of nitrogens with two attached hydrogens (primary N) is 1. The molecule has 0 aliphatic heterocycles. The van der Waals surface area contributed by atoms with E-state index in [2.05, 4.69) is 3.63 Å². The summed E-state index contributed by atoms with van der Waals surface area (Å²) in [5.41, 5.74) is 5.01. The number of hydrogen-bond acceptors (Lipinski definition) is 6. The van der Waals surface area contributed by atoms with Crippen LogP contribution in [-0.4, -0.2) is 31.8 Å². The highest BCUT2D eigenvalue weighted by molar-refractivity contribution is 7.94. The van der Waals surface area contributed by atoms with Crippen LogP contribution >= 0.6 is 0 Å². The number of nitrogens with one attached hydrogen (secondary N) is 1. The predicted molar refractivity (Wildman–Crippen MR) is 55.6 cm³/mol. The summed E-state index contributed by atoms with van der Waals surface area (Å²) in [4.78, 5) is 0. The molecule has 0 amide bonds. The summed E-state index contributed by atoms with van der Waals surface area (Å²) in [6, 6.07) is 0. The van der Waals surface area contributed by atoms with E-state index in [0.717, 1.165) is 0 Å². The van der Waals surface area contributed by atoms with Gasteiger partial charge in [-0.2, -0.15) is 16.8 Å². The molecular weight excluding hydrogens is 264 g/mol. The van der Waals surface area contributed by atoms with Gasteiger partial charge in [0, 0.05) is 5.41 Å². The zero-order valence-electron chi connectivity index (χ0n) is 8.83. The molecule has 0 aliphatic rings. The van der Waals surface area contributed by atoms with E-state index in [4.69, 9.17) is 20.2 Å². The third-order valence-corrected chi connectivity index (χ3v) is 2.36. The fourth-order valence-electron chi connectivity index (χ4n) is 0.109. The van der Waals surface area contributed by atoms with Crippen LogP contribution in [0, 0.1) is 10.8 Å². The normalized spacial score (nSPS) is 12.6. The molecule has 98 valence electrons. The number of hydrogen-bond donors (Lipinski definition) is 4. The molecule has 0 bridgehead atoms. The van der Waals surface area contributed by atoms with Gasteiger partial charge in [-0.05, 0) is 0 Å². The lowest BCUT2D eigenvalue weighted by molar-refractivity contribution is 0.344. The molecule has 0 saturated heterocycles. The predicted octanol–water partition coefficient (Wildman–Crippen LogP) is -0.423. The quantitative estimate of drug-likeness (QED) is 0.300. The van der Waals surface area contributed by atoms with Crippen LogP contribution in [0.1, 0.15) is 20.8 Å². The highest BCUT2D eigenvalue weighted by atomic mass is 32.3. The second kappa shape index (κ2) is 5.54. The maximum atomic E-state index is 9.44. The van der Waals surface area contributed by atoms with E-state index < -0.39 is 20.8 Å². The van der Waals surface area contributed by atoms with Crippen molar-refractivity contribution in [2.24, 2.45) is 11.1 Å². The highest BCUT2D eigenvalue weighted by Crippen LogP contribution is 2.10. The maximum Gasteiger partial charge on any atom is 0.413 e. The van der Waals surface area contributed by atoms with Gasteiger partial charge in [-0.3, -0.25) is 14.5 Å². The van der Waals surface area contributed by atoms with Crippen LogP contribution < -0.4 is 5.73 Å². The van der Waals surface area contributed by atoms with Crippen LogP contribution in [0.15, 0.2) is 0 Å². The minimum atomic E-state index is -5.12. The van der Waals surface area contributed by atoms with Gasteiger partial charge in [0.2, 0.25) is 0 Å². The van der Waals surface area contributed by atoms with Crippen LogP contribution in [0.4, 0.5) is 0 Å². The van der Waals surface area contributed by atoms with Crippen molar-refractivity contribution in [2.45, 2.75) is 20.8 Å². The standard InChI is InChI=1S/C5H12N2.H2O7S2/c1-5(2,3)4(6)7;1-8(2,3)7-9(4,5)6/h1-3H3,(H3,6,7);(H,1,2,3)(H,4,5,6). The average Bonchev–Trinajstić information content (AvgIpc) is 1.75. The first-order valence-corrected chi connectivity index (χ1v) is 6.38. The molecule has 0 unspecified atom stereocenters. The summed E-state index contributed by atoms with van der Waals surface area (Å²) >= 11 is 0. The van der Waals surface area contributed by atoms with E-state index in [1.54, 1.807) is 0 Å². The van der Waals surface area contributed by atoms with Gasteiger partial charge >= 0.3 is 20.8 Å². The van der Waals surface area contributed by atoms with Gasteiger partial charge in [-0.25, -0.2) is 0 Å². The lowest BCUT2D eigenvalue weighted by Gasteiger charge is -2.14. The zero-order valence-corrected chi connectivity index (χ0v) is 10.5. The van der Waals surface area contributed by atoms with E-state index >= 15 is 0 Å². The van der Waals surface area contributed by atoms with Gasteiger partial charge in [0.05, 0.1) is 5.84 Å². The van der Waals surface area contributed by atoms with E-state index in [9.17, 15) is 16.8 Å². The van der Waals surface area contributed by atoms with Crippen molar-refractivity contribution < 1.29 is 29.6 Å². The molecule has 0 aromatic carbocycles. The molecule has 16 heavy (non-hydrogen) atoms. The Morgan fingerprint density at radius 3 is 1.31 bits per heavy atom. The van der Waals surface area contributed by atoms with Crippen LogP contribution in [0.3, 0.4) is 0 Å². The third kappa shape index (κ3) is 15.7. The van der Waals surface area contributed by atoms with Crippen LogP contribution in [-0.2, 0) is 24.4 Å². The minimum Gasteiger partial charge on any atom is -0.387 e. The largest absolute Gasteiger partial charge is 0.413 e. The van der Waals surface area contributed by atoms with Crippen molar-refractivity contribution in [3.63, 3.8) is 0 Å². The Bertz CT molecular complexity index is 400. The molecule has 11 heteroatoms. The molecule has 0 aliphatic carbocycles. The second-order valence-corrected chi connectivity index (χ2v) is 5.84. The number of amidine groups is 1. The van der Waals surface area contributed by atoms with Crippen molar-refractivity contribution >= 4 is 26.6 Å². The fraction of sp³-hybridized carbons (Fsp3) is 0.800. The van der Waals surface area contributed by atoms with Gasteiger partial charge < -0.3 is 5.73 Å². The number of rotatable bonds is 2. The lowest BCUT2D eigenvalue weighted by atomic mass is 9.96. The van der Waals surface area contributed by atoms with Crippen molar-refractivity contribution in [3.05, 3.63) is 0 Å². The van der Waals surface area contributed by atoms with Gasteiger partial charge in [0.25, 0.3) is 0 Å². The Hall–Kier alpha value is -0.750. The molecule has 0 fully saturated rings. The van der Waals surface area contributed by atoms with Gasteiger partial charge in [-0.1, -0.05) is 20.8 Å². The molecule has 0 radical (unpaired) electrons. The Kier molecular flexibility index (Phi) is 6.11. The molecule has 0 spiro atoms. The van der Waals surface area contributed by atoms with Gasteiger partial charge in [0.1, 0.15) is 0 Å². The van der Waals surface area contributed by atoms with E-state index in [1.165, 1.54) is 0 Å². The zero-order chi connectivity index (χ0) is 13.8. The smallest absolute Gasteiger partial charge is 0.387 e. The summed E-state index contributed by atoms with van der Waals surface area (Å²) < 4.78 is 55.6. The van der Waals surface area contributed by atoms with Crippen molar-refractivity contribution in [1.82, 2.24) is 0 Å². The Morgan fingerprint density at radius 2 is 1.31 bits per heavy atom. The first-order valence-electron chi connectivity index (χ1n) is 3.65. The molecule has 0 aromatic heterocycles. The van der Waals surface area contributed by atoms with Crippen LogP contribution in [0.5, 0.6) is 0 Å². The molecule has 0 rings (SSSR count). The topological polar surface area (TPSA) is 168 Å². The summed E-state index contributed by atoms with van der Waals surface area (Å²) in [5, 5.41) is 6.92. The lowest BCUT2D eigenvalue weighted by Crippen LogP contribution is -2.27. The van der Waals surface area contributed by atoms with E-state index in [0.29, 0.717) is 0 Å². The molecule has 9 nitrogen and oxygen atoms in total. The first kappa shape index (κ1) is 17.6. The molecule has 5 N–H and O–H groups in total. The minimum absolute atomic E-state index is 0.139. The molecule has 0 aromatic rings. The summed E-state index contributed by atoms with van der Waals surface area (Å²) in [6.45, 7) is 5.74. The molecule has 0 atom stereocenters. The fourth-order valence-corrected chi connectivity index (χ4v) is 0.978. The Balaban J connectivity index is 0. The van der Waals surface area contributed by atoms with E-state index in [1.807, 2.05) is 20.8 Å². The summed E-state index contributed by atoms with van der Waals surface area (Å²) in [6.07, 6.45) is 0. The summed E-state index contributed by atoms with van der Waals surface area (Å²) in [5.74, 6) is 0.243. The van der Waals surface area contributed by atoms with Gasteiger partial charge in [0.15, 0.2) is 0 Å². The highest BCUT2D eigenvalue weighted by Gasteiger charge is 2.15. The molecular formula is C5H14N2O7S2. The van der Waals surface area contributed by atoms with Crippen molar-refractivity contribution in [2.75, 3.05) is 0 Å². The molecule has 0 saturated carbocycles. The summed E-state index contributed by atoms with van der Waals surface area (Å²) in [7, 11) is -10.2. The maximum absolute atomic E-state index is 9.44. The van der Waals surface area contributed by atoms with Crippen LogP contribution in [0.2, 0.25) is 0 Å². The Morgan fingerprint density at radius 1 is 1.12 bits per heavy atom. The first-order chi connectivity index (χ1) is 6.65. The van der Waals surface area contributed by atoms with Gasteiger partial charge in [-0.15, -0.1) is 3.63 Å². The van der Waals surface area contributed by atoms with Crippen molar-refractivity contribution in [3.8, 4) is 0 Å². The second-order valence-electron chi connectivity index (χ2n) is 3.59. The Labute approximate surface area is 94.0 Å². The SMILES string of the molecule is CC(C)(C)C(=N)N.O=S(=O)(O)OS(=O)(=O)O. The van der Waals surface area contributed by atoms with Crippen molar-refractivity contribution in [1.29, 1.82) is 5.41 Å². The third-order valence-electron chi connectivity index (χ3n) is 0.980. The van der Waals surface area contributed by atoms with E-state index in [-0.39, 0.29) is 11.3 Å². The average molecular weight is 278 g/mol. The monoisotopic (exact) mass is 278 g/mol.